The molecule has 2 unspecified atom stereocenters. The van der Waals surface area contributed by atoms with Crippen LogP contribution in [-0.2, 0) is 9.59 Å². The maximum absolute atomic E-state index is 13.0. The Morgan fingerprint density at radius 3 is 2.38 bits per heavy atom. The molecule has 21 heavy (non-hydrogen) atoms. The van der Waals surface area contributed by atoms with Gasteiger partial charge in [0, 0.05) is 12.6 Å². The summed E-state index contributed by atoms with van der Waals surface area (Å²) in [4.78, 5) is 29.6. The minimum atomic E-state index is -0.402. The summed E-state index contributed by atoms with van der Waals surface area (Å²) in [7, 11) is 0. The Bertz CT molecular complexity index is 567. The van der Waals surface area contributed by atoms with Gasteiger partial charge < -0.3 is 9.80 Å². The lowest BCUT2D eigenvalue weighted by atomic mass is 9.92. The number of benzene rings is 1. The van der Waals surface area contributed by atoms with Crippen LogP contribution < -0.4 is 0 Å². The maximum atomic E-state index is 13.0. The van der Waals surface area contributed by atoms with Crippen molar-refractivity contribution in [3.8, 4) is 0 Å². The van der Waals surface area contributed by atoms with E-state index in [9.17, 15) is 9.59 Å². The van der Waals surface area contributed by atoms with E-state index in [4.69, 9.17) is 0 Å². The fourth-order valence-electron chi connectivity index (χ4n) is 3.71. The molecular formula is C17H20N2O2. The summed E-state index contributed by atoms with van der Waals surface area (Å²) in [6.07, 6.45) is 4.97. The second-order valence-electron chi connectivity index (χ2n) is 6.33. The van der Waals surface area contributed by atoms with Crippen LogP contribution in [0.15, 0.2) is 30.3 Å². The van der Waals surface area contributed by atoms with Crippen molar-refractivity contribution in [3.05, 3.63) is 35.9 Å². The molecule has 1 saturated carbocycles. The van der Waals surface area contributed by atoms with Crippen LogP contribution in [0.25, 0.3) is 0 Å². The van der Waals surface area contributed by atoms with Crippen molar-refractivity contribution in [1.82, 2.24) is 9.80 Å². The molecule has 4 rings (SSSR count). The minimum absolute atomic E-state index is 0.123. The average Bonchev–Trinajstić information content (AvgIpc) is 3.36. The van der Waals surface area contributed by atoms with Crippen molar-refractivity contribution in [2.75, 3.05) is 6.54 Å². The predicted molar refractivity (Wildman–Crippen MR) is 78.4 cm³/mol. The summed E-state index contributed by atoms with van der Waals surface area (Å²) in [6.45, 7) is 0.733. The Kier molecular flexibility index (Phi) is 2.98. The number of piperidine rings is 1. The summed E-state index contributed by atoms with van der Waals surface area (Å²) >= 11 is 0. The molecule has 3 aliphatic rings. The van der Waals surface area contributed by atoms with E-state index in [1.165, 1.54) is 0 Å². The molecule has 1 aromatic carbocycles. The zero-order valence-electron chi connectivity index (χ0n) is 12.1. The summed E-state index contributed by atoms with van der Waals surface area (Å²) in [5.74, 6) is 0.294. The molecule has 1 aromatic rings. The molecule has 0 radical (unpaired) electrons. The van der Waals surface area contributed by atoms with Gasteiger partial charge in [0.2, 0.25) is 5.91 Å². The van der Waals surface area contributed by atoms with Gasteiger partial charge in [-0.2, -0.15) is 0 Å². The van der Waals surface area contributed by atoms with Gasteiger partial charge in [0.1, 0.15) is 12.1 Å². The number of rotatable bonds is 2. The molecule has 110 valence electrons. The van der Waals surface area contributed by atoms with E-state index in [0.717, 1.165) is 44.2 Å². The first-order chi connectivity index (χ1) is 10.3. The summed E-state index contributed by atoms with van der Waals surface area (Å²) in [6, 6.07) is 9.44. The molecule has 0 spiro atoms. The van der Waals surface area contributed by atoms with Gasteiger partial charge in [-0.3, -0.25) is 9.59 Å². The minimum Gasteiger partial charge on any atom is -0.329 e. The topological polar surface area (TPSA) is 40.6 Å². The van der Waals surface area contributed by atoms with E-state index in [1.807, 2.05) is 40.1 Å². The number of fused-ring (bicyclic) bond motifs is 1. The van der Waals surface area contributed by atoms with Crippen LogP contribution in [-0.4, -0.2) is 40.2 Å². The molecule has 0 N–H and O–H groups in total. The van der Waals surface area contributed by atoms with Crippen molar-refractivity contribution in [2.45, 2.75) is 50.2 Å². The van der Waals surface area contributed by atoms with Crippen molar-refractivity contribution >= 4 is 11.8 Å². The summed E-state index contributed by atoms with van der Waals surface area (Å²) in [5, 5.41) is 0. The zero-order valence-corrected chi connectivity index (χ0v) is 12.1. The molecule has 2 heterocycles. The van der Waals surface area contributed by atoms with Gasteiger partial charge in [-0.25, -0.2) is 0 Å². The third-order valence-electron chi connectivity index (χ3n) is 4.89. The average molecular weight is 284 g/mol. The van der Waals surface area contributed by atoms with Gasteiger partial charge in [-0.1, -0.05) is 30.3 Å². The lowest BCUT2D eigenvalue weighted by molar-refractivity contribution is -0.164. The van der Waals surface area contributed by atoms with Crippen LogP contribution in [0.4, 0.5) is 0 Å². The Labute approximate surface area is 124 Å². The van der Waals surface area contributed by atoms with Crippen LogP contribution >= 0.6 is 0 Å². The number of hydrogen-bond acceptors (Lipinski definition) is 2. The Morgan fingerprint density at radius 2 is 1.67 bits per heavy atom. The molecule has 2 saturated heterocycles. The number of carbonyl (C=O) groups excluding carboxylic acids is 2. The third-order valence-corrected chi connectivity index (χ3v) is 4.89. The van der Waals surface area contributed by atoms with E-state index in [-0.39, 0.29) is 23.9 Å². The number of hydrogen-bond donors (Lipinski definition) is 0. The zero-order chi connectivity index (χ0) is 14.4. The van der Waals surface area contributed by atoms with Crippen LogP contribution in [0.5, 0.6) is 0 Å². The fraction of sp³-hybridized carbons (Fsp3) is 0.529. The number of carbonyl (C=O) groups is 2. The molecule has 2 aliphatic heterocycles. The van der Waals surface area contributed by atoms with Crippen molar-refractivity contribution in [2.24, 2.45) is 0 Å². The van der Waals surface area contributed by atoms with Gasteiger partial charge in [-0.15, -0.1) is 0 Å². The van der Waals surface area contributed by atoms with E-state index in [1.54, 1.807) is 0 Å². The second-order valence-corrected chi connectivity index (χ2v) is 6.33. The van der Waals surface area contributed by atoms with Crippen LogP contribution in [0.3, 0.4) is 0 Å². The lowest BCUT2D eigenvalue weighted by Crippen LogP contribution is -2.62. The molecule has 2 atom stereocenters. The molecule has 1 aliphatic carbocycles. The van der Waals surface area contributed by atoms with Gasteiger partial charge in [0.05, 0.1) is 0 Å². The second kappa shape index (κ2) is 4.86. The Balaban J connectivity index is 1.75. The largest absolute Gasteiger partial charge is 0.329 e. The molecule has 2 amide bonds. The normalized spacial score (nSPS) is 29.5. The predicted octanol–water partition coefficient (Wildman–Crippen LogP) is 2.11. The first-order valence-electron chi connectivity index (χ1n) is 7.95. The van der Waals surface area contributed by atoms with Gasteiger partial charge in [0.15, 0.2) is 0 Å². The van der Waals surface area contributed by atoms with Crippen LogP contribution in [0, 0.1) is 0 Å². The number of amides is 2. The van der Waals surface area contributed by atoms with Crippen molar-refractivity contribution in [3.63, 3.8) is 0 Å². The highest BCUT2D eigenvalue weighted by Crippen LogP contribution is 2.41. The van der Waals surface area contributed by atoms with Gasteiger partial charge >= 0.3 is 0 Å². The first-order valence-corrected chi connectivity index (χ1v) is 7.95. The van der Waals surface area contributed by atoms with Gasteiger partial charge in [0.25, 0.3) is 5.91 Å². The SMILES string of the molecule is O=C1C(c2ccccc2)N(C2CC2)C(=O)C2CCCCN12. The van der Waals surface area contributed by atoms with E-state index < -0.39 is 6.04 Å². The maximum Gasteiger partial charge on any atom is 0.250 e. The molecule has 0 bridgehead atoms. The fourth-order valence-corrected chi connectivity index (χ4v) is 3.71. The monoisotopic (exact) mass is 284 g/mol. The van der Waals surface area contributed by atoms with Crippen LogP contribution in [0.2, 0.25) is 0 Å². The Morgan fingerprint density at radius 1 is 0.905 bits per heavy atom. The molecular weight excluding hydrogens is 264 g/mol. The number of nitrogens with zero attached hydrogens (tertiary/aromatic N) is 2. The van der Waals surface area contributed by atoms with E-state index in [2.05, 4.69) is 0 Å². The summed E-state index contributed by atoms with van der Waals surface area (Å²) < 4.78 is 0. The highest BCUT2D eigenvalue weighted by atomic mass is 16.2. The molecule has 4 nitrogen and oxygen atoms in total. The summed E-state index contributed by atoms with van der Waals surface area (Å²) in [5.41, 5.74) is 0.951. The standard InChI is InChI=1S/C17H20N2O2/c20-16-14-8-4-5-11-18(14)17(21)15(19(16)13-9-10-13)12-6-2-1-3-7-12/h1-3,6-7,13-15H,4-5,8-11H2. The number of piperazine rings is 1. The quantitative estimate of drug-likeness (QED) is 0.834. The highest BCUT2D eigenvalue weighted by molar-refractivity contribution is 5.98. The first kappa shape index (κ1) is 12.9. The molecule has 3 fully saturated rings. The Hall–Kier alpha value is -1.84. The van der Waals surface area contributed by atoms with Crippen LogP contribution in [0.1, 0.15) is 43.7 Å². The smallest absolute Gasteiger partial charge is 0.250 e. The van der Waals surface area contributed by atoms with Crippen molar-refractivity contribution < 1.29 is 9.59 Å². The highest BCUT2D eigenvalue weighted by Gasteiger charge is 2.51. The van der Waals surface area contributed by atoms with Gasteiger partial charge in [-0.05, 0) is 37.7 Å². The molecule has 4 heteroatoms. The lowest BCUT2D eigenvalue weighted by Gasteiger charge is -2.47. The molecule has 0 aromatic heterocycles. The van der Waals surface area contributed by atoms with E-state index >= 15 is 0 Å². The third kappa shape index (κ3) is 2.04. The van der Waals surface area contributed by atoms with Crippen molar-refractivity contribution in [1.29, 1.82) is 0 Å². The van der Waals surface area contributed by atoms with E-state index in [0.29, 0.717) is 0 Å².